The van der Waals surface area contributed by atoms with Crippen molar-refractivity contribution in [1.29, 1.82) is 0 Å². The number of hydrogen-bond donors (Lipinski definition) is 2. The summed E-state index contributed by atoms with van der Waals surface area (Å²) in [4.78, 5) is 17.9. The summed E-state index contributed by atoms with van der Waals surface area (Å²) < 4.78 is 0. The number of benzene rings is 1. The Morgan fingerprint density at radius 3 is 2.59 bits per heavy atom. The number of aromatic nitrogens is 1. The molecule has 0 fully saturated rings. The number of amides is 1. The molecule has 2 aromatic rings. The molecule has 0 saturated carbocycles. The first-order valence-electron chi connectivity index (χ1n) is 7.55. The Kier molecular flexibility index (Phi) is 5.69. The Balaban J connectivity index is 2.23. The molecule has 1 aromatic heterocycles. The third-order valence-electron chi connectivity index (χ3n) is 3.36. The first-order valence-corrected chi connectivity index (χ1v) is 8.36. The summed E-state index contributed by atoms with van der Waals surface area (Å²) in [5, 5.41) is 3.90. The highest BCUT2D eigenvalue weighted by molar-refractivity contribution is 7.15. The van der Waals surface area contributed by atoms with Crippen LogP contribution >= 0.6 is 11.3 Å². The van der Waals surface area contributed by atoms with Gasteiger partial charge in [-0.25, -0.2) is 4.98 Å². The molecule has 3 N–H and O–H groups in total. The van der Waals surface area contributed by atoms with Crippen molar-refractivity contribution >= 4 is 17.2 Å². The first kappa shape index (κ1) is 16.6. The average Bonchev–Trinajstić information content (AvgIpc) is 2.89. The molecule has 2 rings (SSSR count). The van der Waals surface area contributed by atoms with E-state index in [1.807, 2.05) is 37.3 Å². The molecular weight excluding hydrogens is 294 g/mol. The van der Waals surface area contributed by atoms with Gasteiger partial charge in [-0.2, -0.15) is 0 Å². The number of nitrogens with one attached hydrogen (secondary N) is 1. The number of nitrogens with zero attached hydrogens (tertiary/aromatic N) is 1. The highest BCUT2D eigenvalue weighted by Crippen LogP contribution is 2.30. The Labute approximate surface area is 135 Å². The lowest BCUT2D eigenvalue weighted by Gasteiger charge is -2.18. The molecule has 0 spiro atoms. The number of carbonyl (C=O) groups excluding carboxylic acids is 1. The van der Waals surface area contributed by atoms with Crippen LogP contribution in [-0.2, 0) is 0 Å². The van der Waals surface area contributed by atoms with E-state index < -0.39 is 0 Å². The van der Waals surface area contributed by atoms with Crippen LogP contribution in [0.3, 0.4) is 0 Å². The van der Waals surface area contributed by atoms with E-state index in [-0.39, 0.29) is 11.9 Å². The number of hydrogen-bond acceptors (Lipinski definition) is 4. The average molecular weight is 317 g/mol. The van der Waals surface area contributed by atoms with Crippen molar-refractivity contribution in [3.63, 3.8) is 0 Å². The highest BCUT2D eigenvalue weighted by atomic mass is 32.1. The van der Waals surface area contributed by atoms with Crippen LogP contribution in [0.1, 0.15) is 35.8 Å². The summed E-state index contributed by atoms with van der Waals surface area (Å²) in [6.45, 7) is 6.60. The number of thiazole rings is 1. The van der Waals surface area contributed by atoms with Crippen LogP contribution in [0.5, 0.6) is 0 Å². The van der Waals surface area contributed by atoms with Crippen LogP contribution in [0.15, 0.2) is 30.3 Å². The zero-order valence-corrected chi connectivity index (χ0v) is 14.1. The van der Waals surface area contributed by atoms with Crippen LogP contribution in [0.4, 0.5) is 0 Å². The molecule has 0 aliphatic carbocycles. The minimum Gasteiger partial charge on any atom is -0.347 e. The molecule has 22 heavy (non-hydrogen) atoms. The molecule has 1 amide bonds. The zero-order valence-electron chi connectivity index (χ0n) is 13.3. The molecule has 1 unspecified atom stereocenters. The monoisotopic (exact) mass is 317 g/mol. The quantitative estimate of drug-likeness (QED) is 0.859. The fraction of sp³-hybridized carbons (Fsp3) is 0.412. The van der Waals surface area contributed by atoms with Crippen molar-refractivity contribution in [2.75, 3.05) is 6.54 Å². The van der Waals surface area contributed by atoms with Gasteiger partial charge in [0.15, 0.2) is 0 Å². The van der Waals surface area contributed by atoms with Crippen LogP contribution in [-0.4, -0.2) is 23.5 Å². The van der Waals surface area contributed by atoms with E-state index in [4.69, 9.17) is 5.73 Å². The van der Waals surface area contributed by atoms with Gasteiger partial charge in [-0.3, -0.25) is 4.79 Å². The molecule has 0 radical (unpaired) electrons. The van der Waals surface area contributed by atoms with Crippen LogP contribution in [0.2, 0.25) is 0 Å². The maximum absolute atomic E-state index is 12.6. The number of nitrogens with two attached hydrogens (primary N) is 1. The third-order valence-corrected chi connectivity index (χ3v) is 4.38. The lowest BCUT2D eigenvalue weighted by molar-refractivity contribution is 0.0930. The fourth-order valence-corrected chi connectivity index (χ4v) is 3.32. The van der Waals surface area contributed by atoms with Gasteiger partial charge in [-0.05, 0) is 24.8 Å². The molecule has 118 valence electrons. The normalized spacial score (nSPS) is 12.4. The van der Waals surface area contributed by atoms with Gasteiger partial charge in [0.05, 0.1) is 9.88 Å². The molecule has 1 aromatic carbocycles. The Morgan fingerprint density at radius 2 is 2.00 bits per heavy atom. The van der Waals surface area contributed by atoms with Gasteiger partial charge in [0.1, 0.15) is 5.69 Å². The van der Waals surface area contributed by atoms with Gasteiger partial charge in [0, 0.05) is 12.6 Å². The second-order valence-electron chi connectivity index (χ2n) is 5.81. The minimum atomic E-state index is -0.140. The van der Waals surface area contributed by atoms with Crippen molar-refractivity contribution < 1.29 is 4.79 Å². The van der Waals surface area contributed by atoms with E-state index >= 15 is 0 Å². The molecule has 5 heteroatoms. The van der Waals surface area contributed by atoms with Gasteiger partial charge in [-0.15, -0.1) is 11.3 Å². The summed E-state index contributed by atoms with van der Waals surface area (Å²) >= 11 is 1.54. The van der Waals surface area contributed by atoms with Crippen LogP contribution < -0.4 is 11.1 Å². The van der Waals surface area contributed by atoms with Crippen LogP contribution in [0.25, 0.3) is 10.4 Å². The second kappa shape index (κ2) is 7.51. The van der Waals surface area contributed by atoms with E-state index in [9.17, 15) is 4.79 Å². The number of rotatable bonds is 6. The van der Waals surface area contributed by atoms with E-state index in [1.54, 1.807) is 11.3 Å². The van der Waals surface area contributed by atoms with Crippen molar-refractivity contribution in [3.05, 3.63) is 41.0 Å². The number of aryl methyl sites for hydroxylation is 1. The zero-order chi connectivity index (χ0) is 16.1. The van der Waals surface area contributed by atoms with E-state index in [0.29, 0.717) is 18.2 Å². The van der Waals surface area contributed by atoms with E-state index in [1.165, 1.54) is 0 Å². The summed E-state index contributed by atoms with van der Waals surface area (Å²) in [5.41, 5.74) is 7.29. The molecule has 1 atom stereocenters. The molecule has 0 saturated heterocycles. The largest absolute Gasteiger partial charge is 0.347 e. The maximum Gasteiger partial charge on any atom is 0.271 e. The predicted molar refractivity (Wildman–Crippen MR) is 92.1 cm³/mol. The lowest BCUT2D eigenvalue weighted by atomic mass is 10.0. The van der Waals surface area contributed by atoms with Gasteiger partial charge in [0.2, 0.25) is 0 Å². The Bertz CT molecular complexity index is 622. The highest BCUT2D eigenvalue weighted by Gasteiger charge is 2.21. The summed E-state index contributed by atoms with van der Waals surface area (Å²) in [6.07, 6.45) is 0.867. The molecule has 0 aliphatic heterocycles. The van der Waals surface area contributed by atoms with Gasteiger partial charge < -0.3 is 11.1 Å². The van der Waals surface area contributed by atoms with Crippen molar-refractivity contribution in [2.24, 2.45) is 11.7 Å². The SMILES string of the molecule is Cc1nc(C(=O)NC(CN)CC(C)C)c(-c2ccccc2)s1. The second-order valence-corrected chi connectivity index (χ2v) is 7.02. The smallest absolute Gasteiger partial charge is 0.271 e. The molecule has 0 bridgehead atoms. The van der Waals surface area contributed by atoms with Crippen molar-refractivity contribution in [3.8, 4) is 10.4 Å². The van der Waals surface area contributed by atoms with E-state index in [0.717, 1.165) is 21.9 Å². The number of carbonyl (C=O) groups is 1. The Hall–Kier alpha value is -1.72. The Morgan fingerprint density at radius 1 is 1.32 bits per heavy atom. The lowest BCUT2D eigenvalue weighted by Crippen LogP contribution is -2.41. The third kappa shape index (κ3) is 4.15. The summed E-state index contributed by atoms with van der Waals surface area (Å²) in [6, 6.07) is 9.88. The predicted octanol–water partition coefficient (Wildman–Crippen LogP) is 3.22. The van der Waals surface area contributed by atoms with Gasteiger partial charge in [0.25, 0.3) is 5.91 Å². The van der Waals surface area contributed by atoms with Crippen molar-refractivity contribution in [2.45, 2.75) is 33.2 Å². The van der Waals surface area contributed by atoms with Crippen molar-refractivity contribution in [1.82, 2.24) is 10.3 Å². The molecule has 1 heterocycles. The summed E-state index contributed by atoms with van der Waals surface area (Å²) in [7, 11) is 0. The van der Waals surface area contributed by atoms with E-state index in [2.05, 4.69) is 24.1 Å². The topological polar surface area (TPSA) is 68.0 Å². The molecule has 0 aliphatic rings. The molecular formula is C17H23N3OS. The van der Waals surface area contributed by atoms with Crippen LogP contribution in [0, 0.1) is 12.8 Å². The van der Waals surface area contributed by atoms with Gasteiger partial charge >= 0.3 is 0 Å². The fourth-order valence-electron chi connectivity index (χ4n) is 2.40. The van der Waals surface area contributed by atoms with Gasteiger partial charge in [-0.1, -0.05) is 44.2 Å². The maximum atomic E-state index is 12.6. The first-order chi connectivity index (χ1) is 10.5. The summed E-state index contributed by atoms with van der Waals surface area (Å²) in [5.74, 6) is 0.346. The standard InChI is InChI=1S/C17H23N3OS/c1-11(2)9-14(10-18)20-17(21)15-16(22-12(3)19-15)13-7-5-4-6-8-13/h4-8,11,14H,9-10,18H2,1-3H3,(H,20,21). The minimum absolute atomic E-state index is 0.0156. The molecule has 4 nitrogen and oxygen atoms in total.